The van der Waals surface area contributed by atoms with Crippen molar-refractivity contribution in [1.82, 2.24) is 4.90 Å². The van der Waals surface area contributed by atoms with E-state index < -0.39 is 0 Å². The minimum absolute atomic E-state index is 0.124. The number of hydrogen-bond donors (Lipinski definition) is 1. The van der Waals surface area contributed by atoms with E-state index in [1.807, 2.05) is 12.1 Å². The average Bonchev–Trinajstić information content (AvgIpc) is 2.68. The predicted octanol–water partition coefficient (Wildman–Crippen LogP) is 2.83. The second-order valence-corrected chi connectivity index (χ2v) is 5.71. The van der Waals surface area contributed by atoms with E-state index in [4.69, 9.17) is 10.5 Å². The van der Waals surface area contributed by atoms with Crippen molar-refractivity contribution >= 4 is 0 Å². The maximum atomic E-state index is 9.29. The molecule has 1 fully saturated rings. The number of nitrogens with two attached hydrogens (primary N) is 1. The van der Waals surface area contributed by atoms with Crippen LogP contribution in [0.2, 0.25) is 0 Å². The van der Waals surface area contributed by atoms with Crippen LogP contribution in [0, 0.1) is 11.3 Å². The summed E-state index contributed by atoms with van der Waals surface area (Å²) in [4.78, 5) is 2.47. The highest BCUT2D eigenvalue weighted by Gasteiger charge is 2.28. The molecular formula is C17H25N3O. The maximum absolute atomic E-state index is 9.29. The lowest BCUT2D eigenvalue weighted by molar-refractivity contribution is 0.185. The first-order valence-corrected chi connectivity index (χ1v) is 7.79. The van der Waals surface area contributed by atoms with Gasteiger partial charge >= 0.3 is 0 Å². The smallest absolute Gasteiger partial charge is 0.136 e. The minimum atomic E-state index is 0.124. The number of likely N-dealkylation sites (tertiary alicyclic amines) is 1. The SMILES string of the molecule is CCCN1CCCCC(N)C1c1ccc(OC)c(C#N)c1. The van der Waals surface area contributed by atoms with E-state index in [1.54, 1.807) is 7.11 Å². The molecule has 1 aliphatic rings. The molecule has 21 heavy (non-hydrogen) atoms. The van der Waals surface area contributed by atoms with Gasteiger partial charge in [-0.25, -0.2) is 0 Å². The van der Waals surface area contributed by atoms with E-state index in [0.717, 1.165) is 31.5 Å². The molecule has 1 aromatic rings. The van der Waals surface area contributed by atoms with Gasteiger partial charge < -0.3 is 10.5 Å². The van der Waals surface area contributed by atoms with E-state index in [1.165, 1.54) is 12.8 Å². The second kappa shape index (κ2) is 7.44. The first kappa shape index (κ1) is 15.8. The molecule has 0 spiro atoms. The van der Waals surface area contributed by atoms with Crippen LogP contribution >= 0.6 is 0 Å². The Bertz CT molecular complexity index is 509. The van der Waals surface area contributed by atoms with Crippen LogP contribution in [0.4, 0.5) is 0 Å². The molecule has 2 rings (SSSR count). The molecule has 1 aromatic carbocycles. The van der Waals surface area contributed by atoms with Gasteiger partial charge in [0.1, 0.15) is 11.8 Å². The molecule has 1 heterocycles. The minimum Gasteiger partial charge on any atom is -0.495 e. The number of hydrogen-bond acceptors (Lipinski definition) is 4. The Kier molecular flexibility index (Phi) is 5.60. The molecular weight excluding hydrogens is 262 g/mol. The first-order valence-electron chi connectivity index (χ1n) is 7.79. The van der Waals surface area contributed by atoms with Crippen molar-refractivity contribution in [2.45, 2.75) is 44.7 Å². The molecule has 1 saturated heterocycles. The van der Waals surface area contributed by atoms with Crippen molar-refractivity contribution in [1.29, 1.82) is 5.26 Å². The Balaban J connectivity index is 2.37. The van der Waals surface area contributed by atoms with Crippen LogP contribution in [-0.4, -0.2) is 31.1 Å². The van der Waals surface area contributed by atoms with Gasteiger partial charge in [0.2, 0.25) is 0 Å². The van der Waals surface area contributed by atoms with Crippen LogP contribution in [0.15, 0.2) is 18.2 Å². The fourth-order valence-corrected chi connectivity index (χ4v) is 3.26. The fourth-order valence-electron chi connectivity index (χ4n) is 3.26. The zero-order valence-electron chi connectivity index (χ0n) is 13.0. The van der Waals surface area contributed by atoms with E-state index in [-0.39, 0.29) is 12.1 Å². The zero-order valence-corrected chi connectivity index (χ0v) is 13.0. The molecule has 1 aliphatic heterocycles. The van der Waals surface area contributed by atoms with Crippen LogP contribution in [0.25, 0.3) is 0 Å². The van der Waals surface area contributed by atoms with Gasteiger partial charge in [0, 0.05) is 12.1 Å². The van der Waals surface area contributed by atoms with Crippen LogP contribution in [0.1, 0.15) is 49.8 Å². The van der Waals surface area contributed by atoms with Gasteiger partial charge in [-0.2, -0.15) is 5.26 Å². The summed E-state index contributed by atoms with van der Waals surface area (Å²) in [5.41, 5.74) is 8.16. The molecule has 0 amide bonds. The third-order valence-electron chi connectivity index (χ3n) is 4.23. The Morgan fingerprint density at radius 1 is 1.43 bits per heavy atom. The molecule has 0 aromatic heterocycles. The Morgan fingerprint density at radius 3 is 2.90 bits per heavy atom. The molecule has 0 saturated carbocycles. The molecule has 0 bridgehead atoms. The van der Waals surface area contributed by atoms with Gasteiger partial charge in [-0.05, 0) is 50.0 Å². The lowest BCUT2D eigenvalue weighted by Gasteiger charge is -2.33. The van der Waals surface area contributed by atoms with Gasteiger partial charge in [-0.1, -0.05) is 19.4 Å². The molecule has 2 atom stereocenters. The van der Waals surface area contributed by atoms with Crippen molar-refractivity contribution in [2.75, 3.05) is 20.2 Å². The van der Waals surface area contributed by atoms with E-state index in [9.17, 15) is 5.26 Å². The Labute approximate surface area is 127 Å². The largest absolute Gasteiger partial charge is 0.495 e. The van der Waals surface area contributed by atoms with Crippen LogP contribution < -0.4 is 10.5 Å². The topological polar surface area (TPSA) is 62.3 Å². The van der Waals surface area contributed by atoms with Gasteiger partial charge in [-0.3, -0.25) is 4.90 Å². The van der Waals surface area contributed by atoms with Crippen molar-refractivity contribution in [3.8, 4) is 11.8 Å². The fraction of sp³-hybridized carbons (Fsp3) is 0.588. The lowest BCUT2D eigenvalue weighted by Crippen LogP contribution is -2.40. The summed E-state index contributed by atoms with van der Waals surface area (Å²) in [6.45, 7) is 4.33. The average molecular weight is 287 g/mol. The summed E-state index contributed by atoms with van der Waals surface area (Å²) < 4.78 is 5.24. The molecule has 114 valence electrons. The summed E-state index contributed by atoms with van der Waals surface area (Å²) in [7, 11) is 1.59. The molecule has 2 unspecified atom stereocenters. The zero-order chi connectivity index (χ0) is 15.2. The first-order chi connectivity index (χ1) is 10.2. The highest BCUT2D eigenvalue weighted by molar-refractivity contribution is 5.46. The van der Waals surface area contributed by atoms with E-state index >= 15 is 0 Å². The monoisotopic (exact) mass is 287 g/mol. The van der Waals surface area contributed by atoms with E-state index in [0.29, 0.717) is 11.3 Å². The standard InChI is InChI=1S/C17H25N3O/c1-3-9-20-10-5-4-6-15(19)17(20)13-7-8-16(21-2)14(11-13)12-18/h7-8,11,15,17H,3-6,9-10,19H2,1-2H3. The molecule has 0 radical (unpaired) electrons. The quantitative estimate of drug-likeness (QED) is 0.925. The van der Waals surface area contributed by atoms with Crippen LogP contribution in [0.5, 0.6) is 5.75 Å². The van der Waals surface area contributed by atoms with Crippen molar-refractivity contribution in [3.05, 3.63) is 29.3 Å². The number of nitrogens with zero attached hydrogens (tertiary/aromatic N) is 2. The summed E-state index contributed by atoms with van der Waals surface area (Å²) in [6.07, 6.45) is 4.54. The molecule has 0 aliphatic carbocycles. The lowest BCUT2D eigenvalue weighted by atomic mass is 9.94. The number of methoxy groups -OCH3 is 1. The summed E-state index contributed by atoms with van der Waals surface area (Å²) in [5, 5.41) is 9.29. The van der Waals surface area contributed by atoms with Crippen molar-refractivity contribution in [3.63, 3.8) is 0 Å². The Morgan fingerprint density at radius 2 is 2.24 bits per heavy atom. The third kappa shape index (κ3) is 3.55. The normalized spacial score (nSPS) is 23.3. The molecule has 2 N–H and O–H groups in total. The highest BCUT2D eigenvalue weighted by Crippen LogP contribution is 2.32. The number of rotatable bonds is 4. The predicted molar refractivity (Wildman–Crippen MR) is 84.1 cm³/mol. The molecule has 4 heteroatoms. The highest BCUT2D eigenvalue weighted by atomic mass is 16.5. The summed E-state index contributed by atoms with van der Waals surface area (Å²) in [6, 6.07) is 8.42. The van der Waals surface area contributed by atoms with Crippen LogP contribution in [-0.2, 0) is 0 Å². The van der Waals surface area contributed by atoms with Crippen molar-refractivity contribution < 1.29 is 4.74 Å². The summed E-state index contributed by atoms with van der Waals surface area (Å²) in [5.74, 6) is 0.630. The Hall–Kier alpha value is -1.57. The van der Waals surface area contributed by atoms with Crippen molar-refractivity contribution in [2.24, 2.45) is 5.73 Å². The van der Waals surface area contributed by atoms with E-state index in [2.05, 4.69) is 24.0 Å². The number of benzene rings is 1. The number of nitriles is 1. The third-order valence-corrected chi connectivity index (χ3v) is 4.23. The van der Waals surface area contributed by atoms with Crippen LogP contribution in [0.3, 0.4) is 0 Å². The van der Waals surface area contributed by atoms with Gasteiger partial charge in [0.25, 0.3) is 0 Å². The van der Waals surface area contributed by atoms with Gasteiger partial charge in [0.15, 0.2) is 0 Å². The second-order valence-electron chi connectivity index (χ2n) is 5.71. The van der Waals surface area contributed by atoms with Gasteiger partial charge in [0.05, 0.1) is 12.7 Å². The maximum Gasteiger partial charge on any atom is 0.136 e. The molecule has 4 nitrogen and oxygen atoms in total. The summed E-state index contributed by atoms with van der Waals surface area (Å²) >= 11 is 0. The van der Waals surface area contributed by atoms with Gasteiger partial charge in [-0.15, -0.1) is 0 Å². The number of ether oxygens (including phenoxy) is 1.